The summed E-state index contributed by atoms with van der Waals surface area (Å²) in [6, 6.07) is 1.02. The van der Waals surface area contributed by atoms with Crippen LogP contribution in [-0.4, -0.2) is 42.2 Å². The molecule has 8 heteroatoms. The molecule has 0 aliphatic heterocycles. The molecule has 0 bridgehead atoms. The quantitative estimate of drug-likeness (QED) is 0.198. The van der Waals surface area contributed by atoms with E-state index in [9.17, 15) is 19.1 Å². The van der Waals surface area contributed by atoms with Gasteiger partial charge in [-0.05, 0) is 24.6 Å². The van der Waals surface area contributed by atoms with Gasteiger partial charge in [0, 0.05) is 25.1 Å². The van der Waals surface area contributed by atoms with E-state index < -0.39 is 23.5 Å². The number of ether oxygens (including phenoxy) is 1. The van der Waals surface area contributed by atoms with E-state index in [0.717, 1.165) is 12.3 Å². The second-order valence-corrected chi connectivity index (χ2v) is 3.50. The smallest absolute Gasteiger partial charge is 0.378 e. The molecule has 0 unspecified atom stereocenters. The van der Waals surface area contributed by atoms with Crippen molar-refractivity contribution in [1.29, 1.82) is 0 Å². The van der Waals surface area contributed by atoms with Gasteiger partial charge in [0.15, 0.2) is 0 Å². The standard InChI is InChI=1S/C11H9ClFNO4.Li/c1-2-18-11(17)9(16)4-8(15)6-3-7(12)10(13)14-5-6;/h3-5,15H,2H2,1H3;/p-1. The topological polar surface area (TPSA) is 79.3 Å². The van der Waals surface area contributed by atoms with Gasteiger partial charge in [-0.25, -0.2) is 9.78 Å². The third-order valence-corrected chi connectivity index (χ3v) is 2.08. The van der Waals surface area contributed by atoms with Gasteiger partial charge in [0.05, 0.1) is 11.6 Å². The summed E-state index contributed by atoms with van der Waals surface area (Å²) >= 11 is 5.43. The number of nitrogens with zero attached hydrogens (tertiary/aromatic N) is 1. The van der Waals surface area contributed by atoms with E-state index in [1.54, 1.807) is 0 Å². The van der Waals surface area contributed by atoms with Crippen LogP contribution in [0.15, 0.2) is 18.3 Å². The summed E-state index contributed by atoms with van der Waals surface area (Å²) in [5, 5.41) is 11.2. The SMILES string of the molecule is CCOC(=O)C(=O)C=C([O-])c1cnc(F)c(Cl)c1.[Li]. The molecule has 1 heterocycles. The zero-order chi connectivity index (χ0) is 13.7. The molecule has 0 N–H and O–H groups in total. The molecule has 0 spiro atoms. The van der Waals surface area contributed by atoms with Gasteiger partial charge < -0.3 is 9.84 Å². The Balaban J connectivity index is 0.00000324. The van der Waals surface area contributed by atoms with Crippen LogP contribution >= 0.6 is 11.6 Å². The molecular formula is C11H8ClFLiNO4-. The minimum atomic E-state index is -1.13. The second-order valence-electron chi connectivity index (χ2n) is 3.09. The summed E-state index contributed by atoms with van der Waals surface area (Å²) in [6.45, 7) is 1.55. The normalized spacial score (nSPS) is 10.6. The first-order valence-corrected chi connectivity index (χ1v) is 5.24. The summed E-state index contributed by atoms with van der Waals surface area (Å²) in [4.78, 5) is 25.4. The first-order chi connectivity index (χ1) is 8.45. The van der Waals surface area contributed by atoms with Crippen molar-refractivity contribution in [2.75, 3.05) is 6.61 Å². The Hall–Kier alpha value is -1.35. The van der Waals surface area contributed by atoms with Gasteiger partial charge in [-0.1, -0.05) is 17.4 Å². The molecule has 0 saturated carbocycles. The molecule has 1 radical (unpaired) electrons. The summed E-state index contributed by atoms with van der Waals surface area (Å²) in [5.41, 5.74) is -0.0981. The van der Waals surface area contributed by atoms with Gasteiger partial charge in [-0.3, -0.25) is 4.79 Å². The van der Waals surface area contributed by atoms with Crippen LogP contribution in [0, 0.1) is 5.95 Å². The number of esters is 1. The fourth-order valence-corrected chi connectivity index (χ4v) is 1.19. The Morgan fingerprint density at radius 2 is 2.21 bits per heavy atom. The van der Waals surface area contributed by atoms with E-state index in [4.69, 9.17) is 11.6 Å². The van der Waals surface area contributed by atoms with Crippen molar-refractivity contribution in [3.63, 3.8) is 0 Å². The number of halogens is 2. The molecule has 0 fully saturated rings. The predicted molar refractivity (Wildman–Crippen MR) is 64.6 cm³/mol. The van der Waals surface area contributed by atoms with Crippen molar-refractivity contribution >= 4 is 48.0 Å². The Morgan fingerprint density at radius 1 is 1.58 bits per heavy atom. The maximum absolute atomic E-state index is 12.7. The van der Waals surface area contributed by atoms with Crippen molar-refractivity contribution in [2.24, 2.45) is 0 Å². The Kier molecular flexibility index (Phi) is 7.38. The van der Waals surface area contributed by atoms with Crippen LogP contribution < -0.4 is 5.11 Å². The second kappa shape index (κ2) is 7.95. The predicted octanol–water partition coefficient (Wildman–Crippen LogP) is 0.327. The maximum Gasteiger partial charge on any atom is 0.378 e. The number of aromatic nitrogens is 1. The fraction of sp³-hybridized carbons (Fsp3) is 0.182. The van der Waals surface area contributed by atoms with Gasteiger partial charge in [-0.15, -0.1) is 0 Å². The van der Waals surface area contributed by atoms with E-state index in [2.05, 4.69) is 9.72 Å². The van der Waals surface area contributed by atoms with Gasteiger partial charge in [0.1, 0.15) is 0 Å². The Bertz CT molecular complexity index is 521. The van der Waals surface area contributed by atoms with Crippen molar-refractivity contribution in [3.8, 4) is 0 Å². The van der Waals surface area contributed by atoms with Gasteiger partial charge in [0.25, 0.3) is 5.78 Å². The van der Waals surface area contributed by atoms with E-state index in [1.807, 2.05) is 0 Å². The van der Waals surface area contributed by atoms with Crippen molar-refractivity contribution in [3.05, 3.63) is 34.9 Å². The molecular weight excluding hydrogens is 272 g/mol. The van der Waals surface area contributed by atoms with Crippen LogP contribution in [-0.2, 0) is 14.3 Å². The van der Waals surface area contributed by atoms with Crippen molar-refractivity contribution in [2.45, 2.75) is 6.92 Å². The number of hydrogen-bond donors (Lipinski definition) is 0. The minimum Gasteiger partial charge on any atom is -0.872 e. The summed E-state index contributed by atoms with van der Waals surface area (Å²) < 4.78 is 17.2. The van der Waals surface area contributed by atoms with E-state index in [0.29, 0.717) is 6.08 Å². The average Bonchev–Trinajstić information content (AvgIpc) is 2.32. The average molecular weight is 280 g/mol. The maximum atomic E-state index is 12.7. The summed E-state index contributed by atoms with van der Waals surface area (Å²) in [6.07, 6.45) is 1.46. The van der Waals surface area contributed by atoms with E-state index in [-0.39, 0.29) is 36.1 Å². The van der Waals surface area contributed by atoms with Crippen LogP contribution in [0.2, 0.25) is 5.02 Å². The third kappa shape index (κ3) is 5.03. The molecule has 0 atom stereocenters. The number of pyridine rings is 1. The summed E-state index contributed by atoms with van der Waals surface area (Å²) in [5.74, 6) is -3.96. The molecule has 5 nitrogen and oxygen atoms in total. The Morgan fingerprint density at radius 3 is 2.74 bits per heavy atom. The van der Waals surface area contributed by atoms with Crippen LogP contribution in [0.3, 0.4) is 0 Å². The third-order valence-electron chi connectivity index (χ3n) is 1.82. The minimum absolute atomic E-state index is 0. The number of ketones is 1. The van der Waals surface area contributed by atoms with Crippen molar-refractivity contribution < 1.29 is 23.8 Å². The Labute approximate surface area is 125 Å². The first-order valence-electron chi connectivity index (χ1n) is 4.87. The number of rotatable bonds is 4. The zero-order valence-corrected chi connectivity index (χ0v) is 11.0. The molecule has 0 aromatic carbocycles. The molecule has 97 valence electrons. The number of hydrogen-bond acceptors (Lipinski definition) is 5. The van der Waals surface area contributed by atoms with E-state index >= 15 is 0 Å². The first kappa shape index (κ1) is 17.6. The van der Waals surface area contributed by atoms with Gasteiger partial charge >= 0.3 is 5.97 Å². The van der Waals surface area contributed by atoms with Crippen LogP contribution in [0.4, 0.5) is 4.39 Å². The molecule has 0 saturated heterocycles. The largest absolute Gasteiger partial charge is 0.872 e. The van der Waals surface area contributed by atoms with Gasteiger partial charge in [0.2, 0.25) is 5.95 Å². The zero-order valence-electron chi connectivity index (χ0n) is 10.3. The van der Waals surface area contributed by atoms with E-state index in [1.165, 1.54) is 6.92 Å². The van der Waals surface area contributed by atoms with Crippen LogP contribution in [0.5, 0.6) is 0 Å². The number of carbonyl (C=O) groups excluding carboxylic acids is 2. The molecule has 0 amide bonds. The molecule has 1 aromatic heterocycles. The fourth-order valence-electron chi connectivity index (χ4n) is 1.02. The number of carbonyl (C=O) groups is 2. The van der Waals surface area contributed by atoms with Gasteiger partial charge in [-0.2, -0.15) is 4.39 Å². The summed E-state index contributed by atoms with van der Waals surface area (Å²) in [7, 11) is 0. The monoisotopic (exact) mass is 279 g/mol. The molecule has 1 aromatic rings. The molecule has 0 aliphatic rings. The molecule has 1 rings (SSSR count). The van der Waals surface area contributed by atoms with Crippen LogP contribution in [0.25, 0.3) is 5.76 Å². The van der Waals surface area contributed by atoms with Crippen LogP contribution in [0.1, 0.15) is 12.5 Å². The molecule has 19 heavy (non-hydrogen) atoms. The van der Waals surface area contributed by atoms with Crippen molar-refractivity contribution in [1.82, 2.24) is 4.98 Å². The molecule has 0 aliphatic carbocycles.